The molecular weight excluding hydrogens is 583 g/mol. The fourth-order valence-electron chi connectivity index (χ4n) is 3.77. The van der Waals surface area contributed by atoms with E-state index < -0.39 is 11.8 Å². The Balaban J connectivity index is 1.26. The quantitative estimate of drug-likeness (QED) is 0.226. The third-order valence-corrected chi connectivity index (χ3v) is 7.34. The van der Waals surface area contributed by atoms with E-state index >= 15 is 0 Å². The third-order valence-electron chi connectivity index (χ3n) is 5.69. The van der Waals surface area contributed by atoms with Crippen molar-refractivity contribution < 1.29 is 19.1 Å². The molecular formula is C27H17Cl3N4O4S. The zero-order valence-corrected chi connectivity index (χ0v) is 23.1. The summed E-state index contributed by atoms with van der Waals surface area (Å²) in [6, 6.07) is 18.0. The highest BCUT2D eigenvalue weighted by Gasteiger charge is 2.39. The van der Waals surface area contributed by atoms with Gasteiger partial charge in [-0.3, -0.25) is 19.7 Å². The maximum atomic E-state index is 13.0. The molecule has 2 N–H and O–H groups in total. The molecule has 0 aliphatic carbocycles. The number of rotatable bonds is 7. The standard InChI is InChI=1S/C27H17Cl3N4O4S/c1-38-18-4-2-3-17(12-18)34-25(36)22(30)23(26(34)37)31-16-8-5-14(6-9-16)24(35)33-27-32-21(13-39-27)19-10-7-15(28)11-20(19)29/h2-13,31H,1H3,(H,32,33,35). The van der Waals surface area contributed by atoms with Gasteiger partial charge in [-0.2, -0.15) is 0 Å². The first-order chi connectivity index (χ1) is 18.7. The molecule has 12 heteroatoms. The number of carbonyl (C=O) groups excluding carboxylic acids is 3. The summed E-state index contributed by atoms with van der Waals surface area (Å²) in [4.78, 5) is 43.9. The van der Waals surface area contributed by atoms with Crippen molar-refractivity contribution >= 4 is 80.4 Å². The topological polar surface area (TPSA) is 101 Å². The van der Waals surface area contributed by atoms with E-state index in [1.807, 2.05) is 0 Å². The van der Waals surface area contributed by atoms with Crippen molar-refractivity contribution in [3.8, 4) is 17.0 Å². The normalized spacial score (nSPS) is 13.2. The Kier molecular flexibility index (Phi) is 7.58. The molecule has 3 aromatic carbocycles. The number of halogens is 3. The van der Waals surface area contributed by atoms with E-state index in [2.05, 4.69) is 15.6 Å². The molecule has 1 aromatic heterocycles. The van der Waals surface area contributed by atoms with Crippen molar-refractivity contribution in [2.24, 2.45) is 0 Å². The molecule has 0 saturated heterocycles. The van der Waals surface area contributed by atoms with E-state index in [0.717, 1.165) is 4.90 Å². The summed E-state index contributed by atoms with van der Waals surface area (Å²) in [7, 11) is 1.49. The molecule has 0 radical (unpaired) electrons. The molecule has 2 heterocycles. The Morgan fingerprint density at radius 1 is 0.974 bits per heavy atom. The lowest BCUT2D eigenvalue weighted by atomic mass is 10.2. The van der Waals surface area contributed by atoms with Crippen molar-refractivity contribution in [1.29, 1.82) is 0 Å². The number of hydrogen-bond donors (Lipinski definition) is 2. The number of aromatic nitrogens is 1. The predicted molar refractivity (Wildman–Crippen MR) is 154 cm³/mol. The van der Waals surface area contributed by atoms with E-state index in [0.29, 0.717) is 49.1 Å². The average Bonchev–Trinajstić information content (AvgIpc) is 3.47. The van der Waals surface area contributed by atoms with E-state index in [9.17, 15) is 14.4 Å². The van der Waals surface area contributed by atoms with Crippen LogP contribution in [-0.4, -0.2) is 29.8 Å². The Hall–Kier alpha value is -3.89. The number of imide groups is 1. The highest BCUT2D eigenvalue weighted by molar-refractivity contribution is 7.14. The van der Waals surface area contributed by atoms with Crippen molar-refractivity contribution in [3.05, 3.63) is 98.4 Å². The van der Waals surface area contributed by atoms with Gasteiger partial charge in [-0.25, -0.2) is 9.88 Å². The van der Waals surface area contributed by atoms with Crippen molar-refractivity contribution in [2.45, 2.75) is 0 Å². The number of hydrogen-bond acceptors (Lipinski definition) is 7. The van der Waals surface area contributed by atoms with Gasteiger partial charge in [-0.05, 0) is 54.6 Å². The maximum absolute atomic E-state index is 13.0. The lowest BCUT2D eigenvalue weighted by molar-refractivity contribution is -0.120. The van der Waals surface area contributed by atoms with Gasteiger partial charge in [0, 0.05) is 33.3 Å². The van der Waals surface area contributed by atoms with Crippen LogP contribution in [0.1, 0.15) is 10.4 Å². The molecule has 0 saturated carbocycles. The molecule has 8 nitrogen and oxygen atoms in total. The number of thiazole rings is 1. The summed E-state index contributed by atoms with van der Waals surface area (Å²) in [5.41, 5.74) is 2.38. The van der Waals surface area contributed by atoms with Gasteiger partial charge in [-0.15, -0.1) is 11.3 Å². The Labute approximate surface area is 241 Å². The number of methoxy groups -OCH3 is 1. The first kappa shape index (κ1) is 26.7. The van der Waals surface area contributed by atoms with Crippen LogP contribution in [0.4, 0.5) is 16.5 Å². The molecule has 39 heavy (non-hydrogen) atoms. The monoisotopic (exact) mass is 598 g/mol. The van der Waals surface area contributed by atoms with Crippen LogP contribution < -0.4 is 20.3 Å². The SMILES string of the molecule is COc1cccc(N2C(=O)C(Cl)=C(Nc3ccc(C(=O)Nc4nc(-c5ccc(Cl)cc5Cl)cs4)cc3)C2=O)c1. The summed E-state index contributed by atoms with van der Waals surface area (Å²) in [6.07, 6.45) is 0. The number of carbonyl (C=O) groups is 3. The van der Waals surface area contributed by atoms with Gasteiger partial charge in [0.15, 0.2) is 5.13 Å². The Morgan fingerprint density at radius 2 is 1.74 bits per heavy atom. The average molecular weight is 600 g/mol. The van der Waals surface area contributed by atoms with Crippen LogP contribution in [0, 0.1) is 0 Å². The van der Waals surface area contributed by atoms with Crippen LogP contribution in [0.25, 0.3) is 11.3 Å². The number of benzene rings is 3. The van der Waals surface area contributed by atoms with Crippen LogP contribution in [0.15, 0.2) is 82.8 Å². The third kappa shape index (κ3) is 5.48. The minimum atomic E-state index is -0.656. The summed E-state index contributed by atoms with van der Waals surface area (Å²) in [5, 5.41) is 8.55. The molecule has 4 aromatic rings. The van der Waals surface area contributed by atoms with Gasteiger partial charge < -0.3 is 10.1 Å². The smallest absolute Gasteiger partial charge is 0.283 e. The molecule has 5 rings (SSSR count). The van der Waals surface area contributed by atoms with Crippen molar-refractivity contribution in [1.82, 2.24) is 4.98 Å². The van der Waals surface area contributed by atoms with Crippen LogP contribution in [0.3, 0.4) is 0 Å². The lowest BCUT2D eigenvalue weighted by Crippen LogP contribution is -2.32. The Bertz CT molecular complexity index is 1650. The second-order valence-electron chi connectivity index (χ2n) is 8.15. The van der Waals surface area contributed by atoms with Crippen molar-refractivity contribution in [3.63, 3.8) is 0 Å². The predicted octanol–water partition coefficient (Wildman–Crippen LogP) is 6.81. The van der Waals surface area contributed by atoms with Gasteiger partial charge in [0.05, 0.1) is 23.5 Å². The maximum Gasteiger partial charge on any atom is 0.283 e. The van der Waals surface area contributed by atoms with E-state index in [1.54, 1.807) is 72.1 Å². The van der Waals surface area contributed by atoms with Gasteiger partial charge in [0.2, 0.25) is 0 Å². The highest BCUT2D eigenvalue weighted by atomic mass is 35.5. The summed E-state index contributed by atoms with van der Waals surface area (Å²) < 4.78 is 5.18. The first-order valence-corrected chi connectivity index (χ1v) is 13.3. The molecule has 0 bridgehead atoms. The minimum Gasteiger partial charge on any atom is -0.497 e. The molecule has 1 aliphatic rings. The van der Waals surface area contributed by atoms with Gasteiger partial charge in [0.1, 0.15) is 16.5 Å². The van der Waals surface area contributed by atoms with Gasteiger partial charge in [0.25, 0.3) is 17.7 Å². The van der Waals surface area contributed by atoms with Gasteiger partial charge >= 0.3 is 0 Å². The second-order valence-corrected chi connectivity index (χ2v) is 10.2. The molecule has 0 unspecified atom stereocenters. The van der Waals surface area contributed by atoms with Gasteiger partial charge in [-0.1, -0.05) is 40.9 Å². The molecule has 0 fully saturated rings. The fourth-order valence-corrected chi connectivity index (χ4v) is 5.19. The molecule has 0 spiro atoms. The molecule has 0 atom stereocenters. The highest BCUT2D eigenvalue weighted by Crippen LogP contribution is 2.33. The van der Waals surface area contributed by atoms with Crippen LogP contribution >= 0.6 is 46.1 Å². The summed E-state index contributed by atoms with van der Waals surface area (Å²) in [5.74, 6) is -1.16. The second kappa shape index (κ2) is 11.1. The number of nitrogens with one attached hydrogen (secondary N) is 2. The number of ether oxygens (including phenoxy) is 1. The zero-order chi connectivity index (χ0) is 27.7. The summed E-state index contributed by atoms with van der Waals surface area (Å²) >= 11 is 19.7. The first-order valence-electron chi connectivity index (χ1n) is 11.3. The molecule has 196 valence electrons. The Morgan fingerprint density at radius 3 is 2.46 bits per heavy atom. The number of anilines is 3. The van der Waals surface area contributed by atoms with Crippen LogP contribution in [0.5, 0.6) is 5.75 Å². The van der Waals surface area contributed by atoms with Crippen LogP contribution in [-0.2, 0) is 9.59 Å². The lowest BCUT2D eigenvalue weighted by Gasteiger charge is -2.16. The van der Waals surface area contributed by atoms with E-state index in [-0.39, 0.29) is 16.6 Å². The number of nitrogens with zero attached hydrogens (tertiary/aromatic N) is 2. The largest absolute Gasteiger partial charge is 0.497 e. The molecule has 3 amide bonds. The van der Waals surface area contributed by atoms with Crippen molar-refractivity contribution in [2.75, 3.05) is 22.6 Å². The number of amides is 3. The van der Waals surface area contributed by atoms with E-state index in [4.69, 9.17) is 39.5 Å². The van der Waals surface area contributed by atoms with Crippen LogP contribution in [0.2, 0.25) is 10.0 Å². The zero-order valence-electron chi connectivity index (χ0n) is 20.0. The minimum absolute atomic E-state index is 0.0714. The fraction of sp³-hybridized carbons (Fsp3) is 0.0370. The molecule has 1 aliphatic heterocycles. The summed E-state index contributed by atoms with van der Waals surface area (Å²) in [6.45, 7) is 0. The van der Waals surface area contributed by atoms with E-state index in [1.165, 1.54) is 18.4 Å².